The molecule has 47 heavy (non-hydrogen) atoms. The lowest BCUT2D eigenvalue weighted by Crippen LogP contribution is -2.56. The number of carbonyl (C=O) groups excluding carboxylic acids is 3. The molecule has 0 radical (unpaired) electrons. The van der Waals surface area contributed by atoms with Gasteiger partial charge in [0.05, 0.1) is 17.6 Å². The van der Waals surface area contributed by atoms with Crippen molar-refractivity contribution in [1.82, 2.24) is 20.2 Å². The topological polar surface area (TPSA) is 137 Å². The minimum atomic E-state index is -0.861. The van der Waals surface area contributed by atoms with E-state index in [0.29, 0.717) is 57.6 Å². The molecule has 1 saturated heterocycles. The number of nitrogens with zero attached hydrogens (tertiary/aromatic N) is 3. The van der Waals surface area contributed by atoms with Crippen molar-refractivity contribution in [3.05, 3.63) is 75.5 Å². The van der Waals surface area contributed by atoms with Gasteiger partial charge in [0, 0.05) is 33.8 Å². The largest absolute Gasteiger partial charge is 0.461 e. The van der Waals surface area contributed by atoms with E-state index in [1.807, 2.05) is 6.07 Å². The second-order valence-corrected chi connectivity index (χ2v) is 13.9. The molecular formula is C35H41Cl2N5O5. The number of hydrogen-bond acceptors (Lipinski definition) is 8. The summed E-state index contributed by atoms with van der Waals surface area (Å²) in [6, 6.07) is 11.2. The summed E-state index contributed by atoms with van der Waals surface area (Å²) >= 11 is 12.7. The highest BCUT2D eigenvalue weighted by molar-refractivity contribution is 6.36. The van der Waals surface area contributed by atoms with E-state index < -0.39 is 23.7 Å². The van der Waals surface area contributed by atoms with Gasteiger partial charge in [-0.2, -0.15) is 0 Å². The second-order valence-electron chi connectivity index (χ2n) is 13.1. The summed E-state index contributed by atoms with van der Waals surface area (Å²) in [6.45, 7) is 5.59. The van der Waals surface area contributed by atoms with Gasteiger partial charge in [-0.05, 0) is 102 Å². The predicted molar refractivity (Wildman–Crippen MR) is 181 cm³/mol. The van der Waals surface area contributed by atoms with E-state index in [2.05, 4.69) is 10.3 Å². The molecule has 1 saturated carbocycles. The molecule has 2 fully saturated rings. The van der Waals surface area contributed by atoms with E-state index in [1.165, 1.54) is 4.90 Å². The maximum atomic E-state index is 13.5. The van der Waals surface area contributed by atoms with Crippen LogP contribution in [0.2, 0.25) is 10.0 Å². The summed E-state index contributed by atoms with van der Waals surface area (Å²) < 4.78 is 11.4. The first-order valence-electron chi connectivity index (χ1n) is 16.0. The number of amides is 2. The molecule has 2 amide bonds. The number of likely N-dealkylation sites (tertiary alicyclic amines) is 1. The van der Waals surface area contributed by atoms with Gasteiger partial charge in [0.25, 0.3) is 5.91 Å². The zero-order valence-corrected chi connectivity index (χ0v) is 28.4. The standard InChI is InChI=1S/C35H41Cl2N5O5/c1-35(2,3)47-34(45)42-17-16-23(19-30(42)33(44)46-24-10-4-5-11-24)40-32(43)22-9-6-8-21(18-22)29-20-39-31(38)28(41-29)15-14-25-26(36)12-7-13-27(25)37/h6-9,12-13,18,20,23-24,30H,4-5,10-11,14-17,19H2,1-3H3,(H2,38,39)(H,40,43). The minimum absolute atomic E-state index is 0.147. The zero-order valence-electron chi connectivity index (χ0n) is 26.9. The maximum absolute atomic E-state index is 13.5. The highest BCUT2D eigenvalue weighted by atomic mass is 35.5. The van der Waals surface area contributed by atoms with Crippen molar-refractivity contribution in [2.45, 2.75) is 95.9 Å². The fourth-order valence-corrected chi connectivity index (χ4v) is 6.56. The smallest absolute Gasteiger partial charge is 0.411 e. The first kappa shape index (κ1) is 34.4. The average molecular weight is 683 g/mol. The Balaban J connectivity index is 1.28. The summed E-state index contributed by atoms with van der Waals surface area (Å²) in [4.78, 5) is 50.4. The van der Waals surface area contributed by atoms with Gasteiger partial charge in [-0.15, -0.1) is 0 Å². The van der Waals surface area contributed by atoms with E-state index in [1.54, 1.807) is 63.4 Å². The average Bonchev–Trinajstić information content (AvgIpc) is 3.54. The van der Waals surface area contributed by atoms with Gasteiger partial charge in [0.1, 0.15) is 23.6 Å². The molecule has 12 heteroatoms. The molecule has 2 unspecified atom stereocenters. The molecule has 2 heterocycles. The number of piperidine rings is 1. The minimum Gasteiger partial charge on any atom is -0.461 e. The quantitative estimate of drug-likeness (QED) is 0.248. The van der Waals surface area contributed by atoms with Crippen molar-refractivity contribution in [3.8, 4) is 11.3 Å². The number of rotatable bonds is 8. The number of hydrogen-bond donors (Lipinski definition) is 2. The van der Waals surface area contributed by atoms with Crippen molar-refractivity contribution in [2.75, 3.05) is 12.3 Å². The lowest BCUT2D eigenvalue weighted by atomic mass is 9.96. The Morgan fingerprint density at radius 3 is 2.43 bits per heavy atom. The molecule has 2 atom stereocenters. The molecule has 250 valence electrons. The molecule has 3 aromatic rings. The highest BCUT2D eigenvalue weighted by Gasteiger charge is 2.40. The first-order valence-corrected chi connectivity index (χ1v) is 16.8. The van der Waals surface area contributed by atoms with Gasteiger partial charge in [-0.1, -0.05) is 41.4 Å². The Morgan fingerprint density at radius 1 is 1.02 bits per heavy atom. The van der Waals surface area contributed by atoms with E-state index in [9.17, 15) is 14.4 Å². The monoisotopic (exact) mass is 681 g/mol. The number of ether oxygens (including phenoxy) is 2. The number of anilines is 1. The van der Waals surface area contributed by atoms with Crippen LogP contribution in [0.5, 0.6) is 0 Å². The molecule has 10 nitrogen and oxygen atoms in total. The zero-order chi connectivity index (χ0) is 33.7. The van der Waals surface area contributed by atoms with Gasteiger partial charge in [0.15, 0.2) is 0 Å². The molecule has 1 aliphatic carbocycles. The number of halogens is 2. The Morgan fingerprint density at radius 2 is 1.72 bits per heavy atom. The summed E-state index contributed by atoms with van der Waals surface area (Å²) in [6.07, 6.45) is 6.20. The van der Waals surface area contributed by atoms with Crippen molar-refractivity contribution in [2.24, 2.45) is 0 Å². The number of aryl methyl sites for hydroxylation is 1. The molecule has 3 N–H and O–H groups in total. The first-order chi connectivity index (χ1) is 22.4. The molecule has 5 rings (SSSR count). The van der Waals surface area contributed by atoms with Crippen molar-refractivity contribution in [3.63, 3.8) is 0 Å². The fourth-order valence-electron chi connectivity index (χ4n) is 5.97. The lowest BCUT2D eigenvalue weighted by Gasteiger charge is -2.39. The number of esters is 1. The van der Waals surface area contributed by atoms with Gasteiger partial charge < -0.3 is 20.5 Å². The molecule has 1 aliphatic heterocycles. The lowest BCUT2D eigenvalue weighted by molar-refractivity contribution is -0.156. The molecule has 0 bridgehead atoms. The van der Waals surface area contributed by atoms with Crippen LogP contribution >= 0.6 is 23.2 Å². The molecule has 2 aromatic carbocycles. The summed E-state index contributed by atoms with van der Waals surface area (Å²) in [5.41, 5.74) is 8.53. The molecule has 0 spiro atoms. The number of nitrogen functional groups attached to an aromatic ring is 1. The third-order valence-electron chi connectivity index (χ3n) is 8.39. The van der Waals surface area contributed by atoms with Crippen molar-refractivity contribution in [1.29, 1.82) is 0 Å². The van der Waals surface area contributed by atoms with Crippen LogP contribution in [0, 0.1) is 0 Å². The van der Waals surface area contributed by atoms with Crippen LogP contribution in [0.15, 0.2) is 48.7 Å². The van der Waals surface area contributed by atoms with Crippen LogP contribution in [-0.2, 0) is 27.1 Å². The number of aromatic nitrogens is 2. The summed E-state index contributed by atoms with van der Waals surface area (Å²) in [5, 5.41) is 4.21. The van der Waals surface area contributed by atoms with Crippen LogP contribution in [-0.4, -0.2) is 63.2 Å². The van der Waals surface area contributed by atoms with Crippen molar-refractivity contribution < 1.29 is 23.9 Å². The van der Waals surface area contributed by atoms with E-state index in [0.717, 1.165) is 31.2 Å². The third-order valence-corrected chi connectivity index (χ3v) is 9.10. The third kappa shape index (κ3) is 8.93. The van der Waals surface area contributed by atoms with Gasteiger partial charge >= 0.3 is 12.1 Å². The molecular weight excluding hydrogens is 641 g/mol. The van der Waals surface area contributed by atoms with Crippen molar-refractivity contribution >= 4 is 47.0 Å². The van der Waals surface area contributed by atoms with Crippen LogP contribution in [0.4, 0.5) is 10.6 Å². The molecule has 2 aliphatic rings. The van der Waals surface area contributed by atoms with Crippen LogP contribution < -0.4 is 11.1 Å². The number of carbonyl (C=O) groups is 3. The van der Waals surface area contributed by atoms with E-state index >= 15 is 0 Å². The molecule has 1 aromatic heterocycles. The fraction of sp³-hybridized carbons (Fsp3) is 0.457. The Bertz CT molecular complexity index is 1600. The van der Waals surface area contributed by atoms with Gasteiger partial charge in [-0.3, -0.25) is 9.69 Å². The highest BCUT2D eigenvalue weighted by Crippen LogP contribution is 2.28. The second kappa shape index (κ2) is 14.9. The van der Waals surface area contributed by atoms with Crippen LogP contribution in [0.25, 0.3) is 11.3 Å². The number of benzene rings is 2. The number of nitrogens with one attached hydrogen (secondary N) is 1. The normalized spacial score (nSPS) is 18.5. The maximum Gasteiger partial charge on any atom is 0.411 e. The Labute approximate surface area is 285 Å². The SMILES string of the molecule is CC(C)(C)OC(=O)N1CCC(NC(=O)c2cccc(-c3cnc(N)c(CCc4c(Cl)cccc4Cl)n3)c2)CC1C(=O)OC1CCCC1. The van der Waals surface area contributed by atoms with Crippen LogP contribution in [0.3, 0.4) is 0 Å². The van der Waals surface area contributed by atoms with E-state index in [4.69, 9.17) is 43.4 Å². The Kier molecular flexibility index (Phi) is 10.9. The van der Waals surface area contributed by atoms with Gasteiger partial charge in [-0.25, -0.2) is 19.6 Å². The van der Waals surface area contributed by atoms with E-state index in [-0.39, 0.29) is 31.0 Å². The van der Waals surface area contributed by atoms with Gasteiger partial charge in [0.2, 0.25) is 0 Å². The predicted octanol–water partition coefficient (Wildman–Crippen LogP) is 6.80. The summed E-state index contributed by atoms with van der Waals surface area (Å²) in [7, 11) is 0. The summed E-state index contributed by atoms with van der Waals surface area (Å²) in [5.74, 6) is -0.453. The number of nitrogens with two attached hydrogens (primary N) is 1. The van der Waals surface area contributed by atoms with Crippen LogP contribution in [0.1, 0.15) is 80.9 Å². The Hall–Kier alpha value is -3.89.